The molecule has 0 unspecified atom stereocenters. The first-order valence-electron chi connectivity index (χ1n) is 1.61. The van der Waals surface area contributed by atoms with Crippen LogP contribution in [0.1, 0.15) is 0 Å². The fraction of sp³-hybridized carbons (Fsp3) is 0. The molecule has 12 heavy (non-hydrogen) atoms. The van der Waals surface area contributed by atoms with Crippen LogP contribution in [0.5, 0.6) is 0 Å². The first kappa shape index (κ1) is 17.2. The van der Waals surface area contributed by atoms with E-state index in [2.05, 4.69) is 0 Å². The lowest BCUT2D eigenvalue weighted by atomic mass is 13.1. The molecular weight excluding hydrogens is 299 g/mol. The van der Waals surface area contributed by atoms with Crippen LogP contribution in [0, 0.1) is 20.2 Å². The van der Waals surface area contributed by atoms with Crippen molar-refractivity contribution in [1.82, 2.24) is 0 Å². The number of hydrogen-bond acceptors (Lipinski definition) is 7. The lowest BCUT2D eigenvalue weighted by molar-refractivity contribution is -1.63. The van der Waals surface area contributed by atoms with Gasteiger partial charge in [-0.1, -0.05) is 0 Å². The van der Waals surface area contributed by atoms with E-state index in [0.29, 0.717) is 0 Å². The minimum atomic E-state index is -3.76. The first-order chi connectivity index (χ1) is 5.20. The number of rotatable bonds is 0. The Hall–Kier alpha value is -0.990. The van der Waals surface area contributed by atoms with Crippen LogP contribution in [0.25, 0.3) is 0 Å². The highest BCUT2D eigenvalue weighted by Gasteiger charge is 1.89. The molecule has 0 radical (unpaired) electrons. The van der Waals surface area contributed by atoms with Gasteiger partial charge in [0, 0.05) is 0 Å². The molecule has 3 N–H and O–H groups in total. The standard InChI is InChI=1S/HIO3.2HNO3/c3*2-1(3)4/h2H;2*(H,2,3,4). The van der Waals surface area contributed by atoms with Gasteiger partial charge in [0.05, 0.1) is 0 Å². The molecule has 0 spiro atoms. The zero-order valence-electron chi connectivity index (χ0n) is 5.06. The molecule has 0 atom stereocenters. The molecule has 0 aliphatic heterocycles. The Bertz CT molecular complexity index is 96.9. The molecular formula is H3IN2O9. The third kappa shape index (κ3) is 590. The Balaban J connectivity index is -0.000000101. The maximum Gasteiger partial charge on any atom is 0.503 e. The van der Waals surface area contributed by atoms with Gasteiger partial charge >= 0.3 is 21.1 Å². The summed E-state index contributed by atoms with van der Waals surface area (Å²) in [5.74, 6) is 0. The van der Waals surface area contributed by atoms with Crippen molar-refractivity contribution >= 4 is 0 Å². The van der Waals surface area contributed by atoms with Crippen LogP contribution >= 0.6 is 0 Å². The van der Waals surface area contributed by atoms with Crippen molar-refractivity contribution in [2.24, 2.45) is 0 Å². The summed E-state index contributed by atoms with van der Waals surface area (Å²) in [7, 11) is 0. The molecule has 0 aromatic carbocycles. The van der Waals surface area contributed by atoms with Gasteiger partial charge in [0.15, 0.2) is 0 Å². The largest absolute Gasteiger partial charge is 0.503 e. The fourth-order valence-electron chi connectivity index (χ4n) is 0. The second-order valence-corrected chi connectivity index (χ2v) is 1.82. The Morgan fingerprint density at radius 2 is 1.00 bits per heavy atom. The second-order valence-electron chi connectivity index (χ2n) is 0.677. The van der Waals surface area contributed by atoms with Crippen molar-refractivity contribution in [3.8, 4) is 0 Å². The van der Waals surface area contributed by atoms with Gasteiger partial charge in [0.2, 0.25) is 0 Å². The Labute approximate surface area is 72.7 Å². The molecule has 12 heteroatoms. The van der Waals surface area contributed by atoms with Crippen LogP contribution in [-0.4, -0.2) is 24.0 Å². The average molecular weight is 302 g/mol. The van der Waals surface area contributed by atoms with Gasteiger partial charge in [-0.3, -0.25) is 0 Å². The Morgan fingerprint density at radius 3 is 1.00 bits per heavy atom. The summed E-state index contributed by atoms with van der Waals surface area (Å²) in [6, 6.07) is 0. The normalized spacial score (nSPS) is 7.00. The monoisotopic (exact) mass is 302 g/mol. The first-order valence-corrected chi connectivity index (χ1v) is 4.33. The zero-order chi connectivity index (χ0) is 10.7. The molecule has 0 amide bonds. The minimum Gasteiger partial charge on any atom is -0.396 e. The van der Waals surface area contributed by atoms with Crippen molar-refractivity contribution < 1.29 is 52.0 Å². The van der Waals surface area contributed by atoms with E-state index in [1.54, 1.807) is 0 Å². The molecule has 0 rings (SSSR count). The third-order valence-corrected chi connectivity index (χ3v) is 0. The molecule has 0 saturated heterocycles. The summed E-state index contributed by atoms with van der Waals surface area (Å²) in [5, 5.41) is 27.3. The smallest absolute Gasteiger partial charge is 0.396 e. The van der Waals surface area contributed by atoms with Crippen LogP contribution in [-0.2, 0) is 0 Å². The predicted octanol–water partition coefficient (Wildman–Crippen LogP) is -6.63. The summed E-state index contributed by atoms with van der Waals surface area (Å²) in [6.07, 6.45) is 0. The van der Waals surface area contributed by atoms with Crippen LogP contribution in [0.3, 0.4) is 0 Å². The Morgan fingerprint density at radius 1 is 1.00 bits per heavy atom. The summed E-state index contributed by atoms with van der Waals surface area (Å²) in [6.45, 7) is 0. The molecule has 0 aromatic heterocycles. The summed E-state index contributed by atoms with van der Waals surface area (Å²) >= 11 is -3.76. The van der Waals surface area contributed by atoms with Crippen molar-refractivity contribution in [1.29, 1.82) is 0 Å². The SMILES string of the molecule is O=[N+]([O-])O.O=[N+]([O-])O.[O-][I+2]([O-])O. The molecule has 0 saturated carbocycles. The van der Waals surface area contributed by atoms with E-state index in [-0.39, 0.29) is 0 Å². The van der Waals surface area contributed by atoms with Gasteiger partial charge in [-0.2, -0.15) is 0 Å². The highest BCUT2D eigenvalue weighted by atomic mass is 127. The lowest BCUT2D eigenvalue weighted by Crippen LogP contribution is -3.98. The molecule has 74 valence electrons. The van der Waals surface area contributed by atoms with Crippen molar-refractivity contribution in [2.75, 3.05) is 0 Å². The predicted molar refractivity (Wildman–Crippen MR) is 19.8 cm³/mol. The van der Waals surface area contributed by atoms with E-state index in [9.17, 15) is 0 Å². The van der Waals surface area contributed by atoms with Gasteiger partial charge in [0.1, 0.15) is 0 Å². The van der Waals surface area contributed by atoms with Gasteiger partial charge in [-0.25, -0.2) is 0 Å². The van der Waals surface area contributed by atoms with Crippen LogP contribution in [0.2, 0.25) is 0 Å². The van der Waals surface area contributed by atoms with Crippen molar-refractivity contribution in [2.45, 2.75) is 0 Å². The second kappa shape index (κ2) is 12.7. The van der Waals surface area contributed by atoms with Gasteiger partial charge in [0.25, 0.3) is 10.2 Å². The quantitative estimate of drug-likeness (QED) is 0.221. The van der Waals surface area contributed by atoms with Crippen molar-refractivity contribution in [3.63, 3.8) is 0 Å². The molecule has 0 aliphatic rings. The maximum atomic E-state index is 8.68. The third-order valence-electron chi connectivity index (χ3n) is 0. The van der Waals surface area contributed by atoms with Crippen LogP contribution in [0.15, 0.2) is 0 Å². The lowest BCUT2D eigenvalue weighted by Gasteiger charge is -1.67. The molecule has 0 aromatic rings. The molecule has 0 aliphatic carbocycles. The molecule has 0 fully saturated rings. The highest BCUT2D eigenvalue weighted by Crippen LogP contribution is 1.38. The van der Waals surface area contributed by atoms with Crippen LogP contribution < -0.4 is 27.9 Å². The van der Waals surface area contributed by atoms with Gasteiger partial charge in [-0.15, -0.1) is 20.2 Å². The summed E-state index contributed by atoms with van der Waals surface area (Å²) in [4.78, 5) is 16.7. The molecule has 11 nitrogen and oxygen atoms in total. The van der Waals surface area contributed by atoms with E-state index >= 15 is 0 Å². The average Bonchev–Trinajstić information content (AvgIpc) is 1.54. The van der Waals surface area contributed by atoms with E-state index < -0.39 is 31.2 Å². The van der Waals surface area contributed by atoms with Crippen molar-refractivity contribution in [3.05, 3.63) is 20.2 Å². The van der Waals surface area contributed by atoms with E-state index in [1.165, 1.54) is 0 Å². The topological polar surface area (TPSA) is 193 Å². The van der Waals surface area contributed by atoms with Gasteiger partial charge < -0.3 is 17.3 Å². The van der Waals surface area contributed by atoms with E-state index in [0.717, 1.165) is 0 Å². The highest BCUT2D eigenvalue weighted by molar-refractivity contribution is 3.83. The van der Waals surface area contributed by atoms with E-state index in [1.807, 2.05) is 0 Å². The van der Waals surface area contributed by atoms with E-state index in [4.69, 9.17) is 41.0 Å². The summed E-state index contributed by atoms with van der Waals surface area (Å²) < 4.78 is 24.5. The minimum absolute atomic E-state index is 1.50. The Kier molecular flexibility index (Phi) is 18.1. The number of halogens is 1. The number of hydrogen-bond donors (Lipinski definition) is 3. The summed E-state index contributed by atoms with van der Waals surface area (Å²) in [5.41, 5.74) is 0. The van der Waals surface area contributed by atoms with Crippen LogP contribution in [0.4, 0.5) is 0 Å². The fourth-order valence-corrected chi connectivity index (χ4v) is 0. The van der Waals surface area contributed by atoms with Gasteiger partial charge in [-0.05, 0) is 3.44 Å². The molecule has 0 bridgehead atoms. The number of nitrogens with zero attached hydrogens (tertiary/aromatic N) is 2. The zero-order valence-corrected chi connectivity index (χ0v) is 7.22. The maximum absolute atomic E-state index is 8.68. The molecule has 0 heterocycles.